The van der Waals surface area contributed by atoms with Crippen LogP contribution in [0.5, 0.6) is 0 Å². The second-order valence-electron chi connectivity index (χ2n) is 5.45. The second kappa shape index (κ2) is 5.83. The van der Waals surface area contributed by atoms with Crippen molar-refractivity contribution in [2.24, 2.45) is 17.8 Å². The van der Waals surface area contributed by atoms with E-state index >= 15 is 0 Å². The third-order valence-corrected chi connectivity index (χ3v) is 4.30. The molecule has 0 amide bonds. The number of rotatable bonds is 3. The molecule has 2 rings (SSSR count). The van der Waals surface area contributed by atoms with Crippen LogP contribution in [-0.4, -0.2) is 51.2 Å². The van der Waals surface area contributed by atoms with Gasteiger partial charge in [0.05, 0.1) is 13.0 Å². The molecule has 2 fully saturated rings. The zero-order valence-corrected chi connectivity index (χ0v) is 10.9. The minimum atomic E-state index is 0.0113. The predicted octanol–water partition coefficient (Wildman–Crippen LogP) is 0.727. The van der Waals surface area contributed by atoms with Gasteiger partial charge in [-0.05, 0) is 57.8 Å². The van der Waals surface area contributed by atoms with E-state index in [1.54, 1.807) is 0 Å². The molecule has 2 saturated heterocycles. The molecule has 0 aliphatic carbocycles. The van der Waals surface area contributed by atoms with Crippen molar-refractivity contribution >= 4 is 5.97 Å². The number of likely N-dealkylation sites (tertiary alicyclic amines) is 1. The molecule has 98 valence electrons. The van der Waals surface area contributed by atoms with Crippen molar-refractivity contribution in [2.75, 3.05) is 40.3 Å². The van der Waals surface area contributed by atoms with Crippen molar-refractivity contribution in [1.29, 1.82) is 0 Å². The highest BCUT2D eigenvalue weighted by Crippen LogP contribution is 2.34. The van der Waals surface area contributed by atoms with Crippen molar-refractivity contribution in [1.82, 2.24) is 10.2 Å². The van der Waals surface area contributed by atoms with E-state index in [1.165, 1.54) is 7.11 Å². The van der Waals surface area contributed by atoms with Gasteiger partial charge in [0.25, 0.3) is 0 Å². The lowest BCUT2D eigenvalue weighted by Crippen LogP contribution is -2.39. The van der Waals surface area contributed by atoms with Crippen LogP contribution in [0.2, 0.25) is 0 Å². The second-order valence-corrected chi connectivity index (χ2v) is 5.45. The highest BCUT2D eigenvalue weighted by Gasteiger charge is 2.39. The van der Waals surface area contributed by atoms with Gasteiger partial charge in [-0.3, -0.25) is 4.79 Å². The highest BCUT2D eigenvalue weighted by atomic mass is 16.5. The number of hydrogen-bond donors (Lipinski definition) is 1. The molecule has 0 saturated carbocycles. The monoisotopic (exact) mass is 240 g/mol. The van der Waals surface area contributed by atoms with E-state index in [0.29, 0.717) is 11.8 Å². The Morgan fingerprint density at radius 2 is 2.00 bits per heavy atom. The minimum Gasteiger partial charge on any atom is -0.469 e. The quantitative estimate of drug-likeness (QED) is 0.738. The third kappa shape index (κ3) is 2.99. The third-order valence-electron chi connectivity index (χ3n) is 4.30. The lowest BCUT2D eigenvalue weighted by atomic mass is 9.76. The van der Waals surface area contributed by atoms with Gasteiger partial charge in [0, 0.05) is 6.54 Å². The summed E-state index contributed by atoms with van der Waals surface area (Å²) < 4.78 is 5.04. The normalized spacial score (nSPS) is 29.2. The number of carbonyl (C=O) groups excluding carboxylic acids is 1. The molecule has 0 aromatic rings. The highest BCUT2D eigenvalue weighted by molar-refractivity contribution is 5.73. The molecule has 2 heterocycles. The Bertz CT molecular complexity index is 259. The average molecular weight is 240 g/mol. The topological polar surface area (TPSA) is 41.6 Å². The van der Waals surface area contributed by atoms with Gasteiger partial charge in [0.1, 0.15) is 0 Å². The maximum Gasteiger partial charge on any atom is 0.309 e. The zero-order chi connectivity index (χ0) is 12.3. The Hall–Kier alpha value is -0.610. The average Bonchev–Trinajstić information content (AvgIpc) is 2.77. The molecule has 2 atom stereocenters. The standard InChI is InChI=1S/C13H24N2O2/c1-15-8-5-11(9-15)12(13(16)17-2)10-3-6-14-7-4-10/h10-12,14H,3-9H2,1-2H3. The van der Waals surface area contributed by atoms with E-state index in [0.717, 1.165) is 45.4 Å². The molecule has 0 spiro atoms. The molecule has 2 aliphatic rings. The lowest BCUT2D eigenvalue weighted by molar-refractivity contribution is -0.150. The summed E-state index contributed by atoms with van der Waals surface area (Å²) in [5.41, 5.74) is 0. The van der Waals surface area contributed by atoms with Gasteiger partial charge in [0.2, 0.25) is 0 Å². The molecule has 0 radical (unpaired) electrons. The molecular formula is C13H24N2O2. The molecule has 4 heteroatoms. The van der Waals surface area contributed by atoms with E-state index in [2.05, 4.69) is 17.3 Å². The molecule has 2 aliphatic heterocycles. The minimum absolute atomic E-state index is 0.0113. The van der Waals surface area contributed by atoms with Crippen LogP contribution in [0.3, 0.4) is 0 Å². The molecule has 0 bridgehead atoms. The van der Waals surface area contributed by atoms with Crippen LogP contribution in [-0.2, 0) is 9.53 Å². The van der Waals surface area contributed by atoms with Crippen LogP contribution in [0.25, 0.3) is 0 Å². The van der Waals surface area contributed by atoms with Crippen molar-refractivity contribution < 1.29 is 9.53 Å². The van der Waals surface area contributed by atoms with Crippen molar-refractivity contribution in [3.05, 3.63) is 0 Å². The Labute approximate surface area is 104 Å². The molecule has 0 aromatic carbocycles. The van der Waals surface area contributed by atoms with Gasteiger partial charge in [-0.15, -0.1) is 0 Å². The fourth-order valence-corrected chi connectivity index (χ4v) is 3.37. The number of nitrogens with zero attached hydrogens (tertiary/aromatic N) is 1. The predicted molar refractivity (Wildman–Crippen MR) is 66.7 cm³/mol. The van der Waals surface area contributed by atoms with Crippen LogP contribution < -0.4 is 5.32 Å². The number of esters is 1. The van der Waals surface area contributed by atoms with Crippen molar-refractivity contribution in [3.8, 4) is 0 Å². The molecule has 1 N–H and O–H groups in total. The number of carbonyl (C=O) groups is 1. The summed E-state index contributed by atoms with van der Waals surface area (Å²) in [5.74, 6) is 1.14. The fraction of sp³-hybridized carbons (Fsp3) is 0.923. The number of hydrogen-bond acceptors (Lipinski definition) is 4. The van der Waals surface area contributed by atoms with E-state index in [4.69, 9.17) is 4.74 Å². The smallest absolute Gasteiger partial charge is 0.309 e. The van der Waals surface area contributed by atoms with Crippen molar-refractivity contribution in [3.63, 3.8) is 0 Å². The first-order valence-electron chi connectivity index (χ1n) is 6.69. The van der Waals surface area contributed by atoms with Gasteiger partial charge in [-0.1, -0.05) is 0 Å². The van der Waals surface area contributed by atoms with E-state index in [-0.39, 0.29) is 11.9 Å². The number of methoxy groups -OCH3 is 1. The maximum atomic E-state index is 12.0. The Morgan fingerprint density at radius 1 is 1.29 bits per heavy atom. The van der Waals surface area contributed by atoms with Crippen LogP contribution >= 0.6 is 0 Å². The van der Waals surface area contributed by atoms with Crippen LogP contribution in [0.4, 0.5) is 0 Å². The molecule has 17 heavy (non-hydrogen) atoms. The Balaban J connectivity index is 2.04. The number of nitrogens with one attached hydrogen (secondary N) is 1. The largest absolute Gasteiger partial charge is 0.469 e. The van der Waals surface area contributed by atoms with Crippen LogP contribution in [0.15, 0.2) is 0 Å². The first-order chi connectivity index (χ1) is 8.22. The number of ether oxygens (including phenoxy) is 1. The maximum absolute atomic E-state index is 12.0. The van der Waals surface area contributed by atoms with E-state index < -0.39 is 0 Å². The van der Waals surface area contributed by atoms with E-state index in [1.807, 2.05) is 0 Å². The van der Waals surface area contributed by atoms with Gasteiger partial charge in [-0.2, -0.15) is 0 Å². The van der Waals surface area contributed by atoms with Gasteiger partial charge >= 0.3 is 5.97 Å². The molecular weight excluding hydrogens is 216 g/mol. The van der Waals surface area contributed by atoms with Gasteiger partial charge in [-0.25, -0.2) is 0 Å². The summed E-state index contributed by atoms with van der Waals surface area (Å²) in [6.07, 6.45) is 3.36. The first-order valence-corrected chi connectivity index (χ1v) is 6.69. The van der Waals surface area contributed by atoms with Crippen LogP contribution in [0, 0.1) is 17.8 Å². The summed E-state index contributed by atoms with van der Waals surface area (Å²) in [5, 5.41) is 3.36. The summed E-state index contributed by atoms with van der Waals surface area (Å²) in [6, 6.07) is 0. The number of piperidine rings is 1. The van der Waals surface area contributed by atoms with Crippen molar-refractivity contribution in [2.45, 2.75) is 19.3 Å². The van der Waals surface area contributed by atoms with E-state index in [9.17, 15) is 4.79 Å². The Kier molecular flexibility index (Phi) is 4.40. The summed E-state index contributed by atoms with van der Waals surface area (Å²) in [4.78, 5) is 14.4. The molecule has 2 unspecified atom stereocenters. The zero-order valence-electron chi connectivity index (χ0n) is 10.9. The Morgan fingerprint density at radius 3 is 2.53 bits per heavy atom. The first kappa shape index (κ1) is 12.8. The summed E-state index contributed by atoms with van der Waals surface area (Å²) in [6.45, 7) is 4.24. The van der Waals surface area contributed by atoms with Gasteiger partial charge < -0.3 is 15.0 Å². The van der Waals surface area contributed by atoms with Gasteiger partial charge in [0.15, 0.2) is 0 Å². The SMILES string of the molecule is COC(=O)C(C1CCNCC1)C1CCN(C)C1. The summed E-state index contributed by atoms with van der Waals surface area (Å²) >= 11 is 0. The molecule has 4 nitrogen and oxygen atoms in total. The summed E-state index contributed by atoms with van der Waals surface area (Å²) in [7, 11) is 3.66. The fourth-order valence-electron chi connectivity index (χ4n) is 3.37. The van der Waals surface area contributed by atoms with Crippen LogP contribution in [0.1, 0.15) is 19.3 Å². The molecule has 0 aromatic heterocycles. The lowest BCUT2D eigenvalue weighted by Gasteiger charge is -2.32.